The van der Waals surface area contributed by atoms with E-state index in [1.807, 2.05) is 13.8 Å². The van der Waals surface area contributed by atoms with Gasteiger partial charge in [-0.15, -0.1) is 11.3 Å². The molecule has 0 radical (unpaired) electrons. The fourth-order valence-electron chi connectivity index (χ4n) is 1.94. The van der Waals surface area contributed by atoms with E-state index in [0.717, 1.165) is 22.7 Å². The monoisotopic (exact) mass is 301 g/mol. The number of aromatic nitrogens is 2. The Morgan fingerprint density at radius 2 is 1.75 bits per heavy atom. The van der Waals surface area contributed by atoms with Crippen LogP contribution in [0.3, 0.4) is 0 Å². The van der Waals surface area contributed by atoms with Crippen LogP contribution in [0.4, 0.5) is 13.2 Å². The predicted octanol–water partition coefficient (Wildman–Crippen LogP) is 3.56. The molecule has 2 heterocycles. The van der Waals surface area contributed by atoms with E-state index in [4.69, 9.17) is 0 Å². The lowest BCUT2D eigenvalue weighted by molar-refractivity contribution is -0.141. The standard InChI is InChI=1S/C13H14F3N3S/c1-7-4-9(5-8(2)18-7)12-19-11(13(14,15)16)10(20-12)6-17-3/h4-5,17H,6H2,1-3H3. The Morgan fingerprint density at radius 1 is 1.15 bits per heavy atom. The van der Waals surface area contributed by atoms with Crippen molar-refractivity contribution < 1.29 is 13.2 Å². The summed E-state index contributed by atoms with van der Waals surface area (Å²) in [6, 6.07) is 3.49. The average molecular weight is 301 g/mol. The molecule has 0 amide bonds. The molecule has 108 valence electrons. The first kappa shape index (κ1) is 14.9. The third kappa shape index (κ3) is 3.16. The molecule has 0 bridgehead atoms. The van der Waals surface area contributed by atoms with E-state index >= 15 is 0 Å². The largest absolute Gasteiger partial charge is 0.434 e. The Labute approximate surface area is 118 Å². The number of nitrogens with zero attached hydrogens (tertiary/aromatic N) is 2. The number of thiazole rings is 1. The molecule has 0 saturated carbocycles. The molecule has 0 aliphatic rings. The number of nitrogens with one attached hydrogen (secondary N) is 1. The highest BCUT2D eigenvalue weighted by molar-refractivity contribution is 7.15. The van der Waals surface area contributed by atoms with Crippen LogP contribution in [0.25, 0.3) is 10.6 Å². The van der Waals surface area contributed by atoms with Gasteiger partial charge in [-0.1, -0.05) is 0 Å². The van der Waals surface area contributed by atoms with Gasteiger partial charge in [-0.25, -0.2) is 4.98 Å². The lowest BCUT2D eigenvalue weighted by atomic mass is 10.2. The Kier molecular flexibility index (Phi) is 4.10. The number of alkyl halides is 3. The maximum atomic E-state index is 13.0. The van der Waals surface area contributed by atoms with E-state index in [9.17, 15) is 13.2 Å². The molecule has 0 atom stereocenters. The average Bonchev–Trinajstić information content (AvgIpc) is 2.72. The van der Waals surface area contributed by atoms with Crippen molar-refractivity contribution in [2.75, 3.05) is 7.05 Å². The van der Waals surface area contributed by atoms with Crippen LogP contribution >= 0.6 is 11.3 Å². The van der Waals surface area contributed by atoms with Gasteiger partial charge < -0.3 is 5.32 Å². The van der Waals surface area contributed by atoms with Gasteiger partial charge in [0.05, 0.1) is 4.88 Å². The SMILES string of the molecule is CNCc1sc(-c2cc(C)nc(C)c2)nc1C(F)(F)F. The molecule has 0 fully saturated rings. The van der Waals surface area contributed by atoms with Crippen molar-refractivity contribution in [3.8, 4) is 10.6 Å². The molecular weight excluding hydrogens is 287 g/mol. The highest BCUT2D eigenvalue weighted by Gasteiger charge is 2.37. The van der Waals surface area contributed by atoms with Crippen molar-refractivity contribution in [3.05, 3.63) is 34.1 Å². The number of pyridine rings is 1. The molecule has 0 aliphatic heterocycles. The van der Waals surface area contributed by atoms with Crippen molar-refractivity contribution >= 4 is 11.3 Å². The van der Waals surface area contributed by atoms with Crippen molar-refractivity contribution in [3.63, 3.8) is 0 Å². The third-order valence-corrected chi connectivity index (χ3v) is 3.74. The maximum absolute atomic E-state index is 13.0. The van der Waals surface area contributed by atoms with Gasteiger partial charge in [0, 0.05) is 23.5 Å². The lowest BCUT2D eigenvalue weighted by Crippen LogP contribution is -2.12. The summed E-state index contributed by atoms with van der Waals surface area (Å²) in [6.07, 6.45) is -4.43. The molecule has 1 N–H and O–H groups in total. The summed E-state index contributed by atoms with van der Waals surface area (Å²) >= 11 is 1.06. The highest BCUT2D eigenvalue weighted by Crippen LogP contribution is 2.37. The summed E-state index contributed by atoms with van der Waals surface area (Å²) in [4.78, 5) is 8.19. The van der Waals surface area contributed by atoms with Crippen LogP contribution in [0.2, 0.25) is 0 Å². The van der Waals surface area contributed by atoms with Crippen molar-refractivity contribution in [1.82, 2.24) is 15.3 Å². The van der Waals surface area contributed by atoms with Crippen LogP contribution in [-0.4, -0.2) is 17.0 Å². The number of hydrogen-bond donors (Lipinski definition) is 1. The summed E-state index contributed by atoms with van der Waals surface area (Å²) in [5.41, 5.74) is 1.39. The molecular formula is C13H14F3N3S. The van der Waals surface area contributed by atoms with Gasteiger partial charge in [-0.05, 0) is 33.0 Å². The van der Waals surface area contributed by atoms with Crippen LogP contribution in [0.15, 0.2) is 12.1 Å². The van der Waals surface area contributed by atoms with Gasteiger partial charge in [0.2, 0.25) is 0 Å². The van der Waals surface area contributed by atoms with Gasteiger partial charge in [0.25, 0.3) is 0 Å². The van der Waals surface area contributed by atoms with Crippen molar-refractivity contribution in [1.29, 1.82) is 0 Å². The van der Waals surface area contributed by atoms with Crippen LogP contribution < -0.4 is 5.32 Å². The first-order chi connectivity index (χ1) is 9.31. The van der Waals surface area contributed by atoms with Gasteiger partial charge in [0.15, 0.2) is 5.69 Å². The van der Waals surface area contributed by atoms with Crippen molar-refractivity contribution in [2.24, 2.45) is 0 Å². The van der Waals surface area contributed by atoms with Crippen molar-refractivity contribution in [2.45, 2.75) is 26.6 Å². The van der Waals surface area contributed by atoms with E-state index in [2.05, 4.69) is 15.3 Å². The van der Waals surface area contributed by atoms with E-state index in [-0.39, 0.29) is 11.4 Å². The van der Waals surface area contributed by atoms with E-state index in [1.165, 1.54) is 0 Å². The number of hydrogen-bond acceptors (Lipinski definition) is 4. The van der Waals surface area contributed by atoms with Crippen LogP contribution in [0.5, 0.6) is 0 Å². The second-order valence-electron chi connectivity index (χ2n) is 4.46. The number of rotatable bonds is 3. The Balaban J connectivity index is 2.52. The molecule has 20 heavy (non-hydrogen) atoms. The first-order valence-corrected chi connectivity index (χ1v) is 6.80. The quantitative estimate of drug-likeness (QED) is 0.942. The smallest absolute Gasteiger partial charge is 0.315 e. The summed E-state index contributed by atoms with van der Waals surface area (Å²) < 4.78 is 38.9. The maximum Gasteiger partial charge on any atom is 0.434 e. The van der Waals surface area contributed by atoms with Gasteiger partial charge in [0.1, 0.15) is 5.01 Å². The van der Waals surface area contributed by atoms with Crippen LogP contribution in [0, 0.1) is 13.8 Å². The summed E-state index contributed by atoms with van der Waals surface area (Å²) in [6.45, 7) is 3.77. The second-order valence-corrected chi connectivity index (χ2v) is 5.54. The summed E-state index contributed by atoms with van der Waals surface area (Å²) in [5.74, 6) is 0. The van der Waals surface area contributed by atoms with Gasteiger partial charge >= 0.3 is 6.18 Å². The first-order valence-electron chi connectivity index (χ1n) is 5.98. The number of aryl methyl sites for hydroxylation is 2. The zero-order valence-corrected chi connectivity index (χ0v) is 12.1. The minimum Gasteiger partial charge on any atom is -0.315 e. The van der Waals surface area contributed by atoms with E-state index in [0.29, 0.717) is 10.6 Å². The molecule has 2 rings (SSSR count). The van der Waals surface area contributed by atoms with Crippen LogP contribution in [-0.2, 0) is 12.7 Å². The molecule has 0 aromatic carbocycles. The minimum atomic E-state index is -4.43. The normalized spacial score (nSPS) is 11.9. The molecule has 0 aliphatic carbocycles. The van der Waals surface area contributed by atoms with Gasteiger partial charge in [-0.2, -0.15) is 13.2 Å². The highest BCUT2D eigenvalue weighted by atomic mass is 32.1. The Morgan fingerprint density at radius 3 is 2.25 bits per heavy atom. The molecule has 3 nitrogen and oxygen atoms in total. The molecule has 0 saturated heterocycles. The Bertz CT molecular complexity index is 600. The lowest BCUT2D eigenvalue weighted by Gasteiger charge is -2.04. The van der Waals surface area contributed by atoms with Gasteiger partial charge in [-0.3, -0.25) is 4.98 Å². The third-order valence-electron chi connectivity index (χ3n) is 2.63. The van der Waals surface area contributed by atoms with E-state index < -0.39 is 11.9 Å². The summed E-state index contributed by atoms with van der Waals surface area (Å²) in [7, 11) is 1.61. The Hall–Kier alpha value is -1.47. The predicted molar refractivity (Wildman–Crippen MR) is 72.6 cm³/mol. The molecule has 2 aromatic rings. The fraction of sp³-hybridized carbons (Fsp3) is 0.385. The molecule has 0 spiro atoms. The van der Waals surface area contributed by atoms with E-state index in [1.54, 1.807) is 19.2 Å². The zero-order chi connectivity index (χ0) is 14.9. The number of halogens is 3. The minimum absolute atomic E-state index is 0.148. The molecule has 2 aromatic heterocycles. The topological polar surface area (TPSA) is 37.8 Å². The fourth-order valence-corrected chi connectivity index (χ4v) is 3.02. The zero-order valence-electron chi connectivity index (χ0n) is 11.3. The van der Waals surface area contributed by atoms with Crippen LogP contribution in [0.1, 0.15) is 22.0 Å². The second kappa shape index (κ2) is 5.49. The molecule has 7 heteroatoms. The summed E-state index contributed by atoms with van der Waals surface area (Å²) in [5, 5.41) is 3.11. The molecule has 0 unspecified atom stereocenters.